The van der Waals surface area contributed by atoms with Crippen LogP contribution in [0.25, 0.3) is 10.9 Å². The van der Waals surface area contributed by atoms with Crippen LogP contribution in [0.2, 0.25) is 0 Å². The largest absolute Gasteiger partial charge is 0.453 e. The summed E-state index contributed by atoms with van der Waals surface area (Å²) in [5.74, 6) is -0.0153. The molecule has 1 heterocycles. The normalized spacial score (nSPS) is 9.66. The highest BCUT2D eigenvalue weighted by molar-refractivity contribution is 7.33. The summed E-state index contributed by atoms with van der Waals surface area (Å²) >= 11 is 0. The van der Waals surface area contributed by atoms with Crippen molar-refractivity contribution in [1.82, 2.24) is 10.3 Å². The number of amides is 2. The summed E-state index contributed by atoms with van der Waals surface area (Å²) < 4.78 is 24.2. The van der Waals surface area contributed by atoms with Crippen LogP contribution in [0, 0.1) is 11.3 Å². The molecule has 2 aromatic rings. The minimum atomic E-state index is -2.14. The molecule has 3 N–H and O–H groups in total. The first-order valence-corrected chi connectivity index (χ1v) is 11.3. The molecule has 0 aliphatic rings. The van der Waals surface area contributed by atoms with Gasteiger partial charge in [-0.1, -0.05) is 0 Å². The van der Waals surface area contributed by atoms with Crippen molar-refractivity contribution in [3.8, 4) is 6.07 Å². The molecule has 0 aliphatic heterocycles. The number of carbonyl (C=O) groups excluding carboxylic acids is 2. The number of rotatable bonds is 9. The van der Waals surface area contributed by atoms with Gasteiger partial charge in [-0.25, -0.2) is 4.79 Å². The number of H-pyrrole nitrogens is 1. The Morgan fingerprint density at radius 3 is 2.38 bits per heavy atom. The highest BCUT2D eigenvalue weighted by Gasteiger charge is 2.07. The quantitative estimate of drug-likeness (QED) is 0.366. The smallest absolute Gasteiger partial charge is 0.411 e. The fraction of sp³-hybridized carbons (Fsp3) is 0.476. The summed E-state index contributed by atoms with van der Waals surface area (Å²) in [5, 5.41) is 13.8. The van der Waals surface area contributed by atoms with E-state index in [9.17, 15) is 14.2 Å². The minimum Gasteiger partial charge on any atom is -0.453 e. The zero-order valence-corrected chi connectivity index (χ0v) is 20.2. The third kappa shape index (κ3) is 12.7. The summed E-state index contributed by atoms with van der Waals surface area (Å²) in [5.41, 5.74) is 2.86. The van der Waals surface area contributed by atoms with Gasteiger partial charge in [-0.05, 0) is 50.5 Å². The van der Waals surface area contributed by atoms with E-state index in [1.54, 1.807) is 19.9 Å². The average molecular weight is 468 g/mol. The van der Waals surface area contributed by atoms with Crippen LogP contribution in [0.5, 0.6) is 0 Å². The monoisotopic (exact) mass is 468 g/mol. The maximum atomic E-state index is 11.2. The molecule has 0 spiro atoms. The Kier molecular flexibility index (Phi) is 16.2. The molecule has 0 saturated heterocycles. The fourth-order valence-corrected chi connectivity index (χ4v) is 3.01. The molecule has 178 valence electrons. The van der Waals surface area contributed by atoms with Gasteiger partial charge in [-0.2, -0.15) is 5.26 Å². The maximum Gasteiger partial charge on any atom is 0.411 e. The van der Waals surface area contributed by atoms with Crippen molar-refractivity contribution in [2.45, 2.75) is 40.5 Å². The van der Waals surface area contributed by atoms with Crippen LogP contribution in [0.1, 0.15) is 39.7 Å². The lowest BCUT2D eigenvalue weighted by Crippen LogP contribution is -2.21. The molecule has 0 saturated carbocycles. The molecule has 0 atom stereocenters. The van der Waals surface area contributed by atoms with Gasteiger partial charge in [0.25, 0.3) is 0 Å². The second-order valence-corrected chi connectivity index (χ2v) is 7.19. The highest BCUT2D eigenvalue weighted by Crippen LogP contribution is 2.23. The lowest BCUT2D eigenvalue weighted by atomic mass is 10.1. The molecular weight excluding hydrogens is 435 g/mol. The Morgan fingerprint density at radius 2 is 1.84 bits per heavy atom. The van der Waals surface area contributed by atoms with Crippen LogP contribution in [0.3, 0.4) is 0 Å². The Morgan fingerprint density at radius 1 is 1.22 bits per heavy atom. The van der Waals surface area contributed by atoms with E-state index in [1.165, 1.54) is 21.0 Å². The Hall–Kier alpha value is -2.86. The van der Waals surface area contributed by atoms with Crippen LogP contribution < -0.4 is 10.6 Å². The molecule has 11 heteroatoms. The molecule has 0 fully saturated rings. The van der Waals surface area contributed by atoms with E-state index < -0.39 is 14.3 Å². The number of hydrogen-bond acceptors (Lipinski definition) is 7. The number of carbonyl (C=O) groups is 2. The second kappa shape index (κ2) is 17.8. The topological polar surface area (TPSA) is 143 Å². The third-order valence-electron chi connectivity index (χ3n) is 3.72. The Labute approximate surface area is 189 Å². The number of anilines is 1. The third-order valence-corrected chi connectivity index (χ3v) is 4.77. The second-order valence-electron chi connectivity index (χ2n) is 6.12. The molecule has 10 nitrogen and oxygen atoms in total. The predicted octanol–water partition coefficient (Wildman–Crippen LogP) is 4.39. The van der Waals surface area contributed by atoms with Gasteiger partial charge in [0.1, 0.15) is 0 Å². The number of aromatic amines is 1. The van der Waals surface area contributed by atoms with Crippen molar-refractivity contribution in [2.24, 2.45) is 0 Å². The number of nitrogens with zero attached hydrogens (tertiary/aromatic N) is 1. The zero-order valence-electron chi connectivity index (χ0n) is 19.2. The van der Waals surface area contributed by atoms with E-state index in [1.807, 2.05) is 24.4 Å². The lowest BCUT2D eigenvalue weighted by Gasteiger charge is -2.05. The van der Waals surface area contributed by atoms with Crippen LogP contribution in [-0.4, -0.2) is 43.9 Å². The molecule has 1 aromatic carbocycles. The standard InChI is InChI=1S/C15H19N3O3.C4H11O3P.C2H3N/c1-10(19)16-7-3-4-11-9-17-14-6-5-12(8-13(11)14)18-15(20)21-2;1-3-6-8(5)7-4-2;1-2-3/h5-6,8-9,17H,3-4,7H2,1-2H3,(H,16,19)(H,18,20);8H,3-4H2,1-2H3;1H3. The number of ether oxygens (including phenoxy) is 1. The van der Waals surface area contributed by atoms with Crippen molar-refractivity contribution < 1.29 is 27.9 Å². The number of fused-ring (bicyclic) bond motifs is 1. The zero-order chi connectivity index (χ0) is 24.4. The van der Waals surface area contributed by atoms with Crippen molar-refractivity contribution in [1.29, 1.82) is 5.26 Å². The van der Waals surface area contributed by atoms with Crippen molar-refractivity contribution in [3.05, 3.63) is 30.0 Å². The predicted molar refractivity (Wildman–Crippen MR) is 125 cm³/mol. The summed E-state index contributed by atoms with van der Waals surface area (Å²) in [6, 6.07) is 7.39. The van der Waals surface area contributed by atoms with E-state index in [-0.39, 0.29) is 5.91 Å². The number of nitriles is 1. The van der Waals surface area contributed by atoms with Gasteiger partial charge < -0.3 is 24.1 Å². The number of aromatic nitrogens is 1. The summed E-state index contributed by atoms with van der Waals surface area (Å²) in [7, 11) is -0.810. The average Bonchev–Trinajstić information content (AvgIpc) is 3.15. The molecule has 0 radical (unpaired) electrons. The fourth-order valence-electron chi connectivity index (χ4n) is 2.45. The summed E-state index contributed by atoms with van der Waals surface area (Å²) in [4.78, 5) is 25.3. The number of nitrogens with one attached hydrogen (secondary N) is 3. The molecule has 0 unspecified atom stereocenters. The number of aryl methyl sites for hydroxylation is 1. The minimum absolute atomic E-state index is 0.0153. The first-order chi connectivity index (χ1) is 15.3. The van der Waals surface area contributed by atoms with E-state index in [4.69, 9.17) is 5.26 Å². The van der Waals surface area contributed by atoms with Gasteiger partial charge in [-0.3, -0.25) is 14.7 Å². The van der Waals surface area contributed by atoms with Gasteiger partial charge in [0.2, 0.25) is 5.91 Å². The van der Waals surface area contributed by atoms with E-state index >= 15 is 0 Å². The van der Waals surface area contributed by atoms with E-state index in [0.29, 0.717) is 25.4 Å². The lowest BCUT2D eigenvalue weighted by molar-refractivity contribution is -0.118. The first kappa shape index (κ1) is 29.1. The van der Waals surface area contributed by atoms with Crippen LogP contribution >= 0.6 is 8.25 Å². The van der Waals surface area contributed by atoms with Crippen molar-refractivity contribution >= 4 is 36.8 Å². The van der Waals surface area contributed by atoms with Gasteiger partial charge in [0.05, 0.1) is 26.4 Å². The number of methoxy groups -OCH3 is 1. The van der Waals surface area contributed by atoms with Gasteiger partial charge in [0.15, 0.2) is 0 Å². The van der Waals surface area contributed by atoms with Gasteiger partial charge in [-0.15, -0.1) is 0 Å². The van der Waals surface area contributed by atoms with E-state index in [2.05, 4.69) is 29.4 Å². The SMILES string of the molecule is CC#N.CCO[PH](=O)OCC.COC(=O)Nc1ccc2[nH]cc(CCCNC(C)=O)c2c1. The number of hydrogen-bond donors (Lipinski definition) is 3. The van der Waals surface area contributed by atoms with Crippen molar-refractivity contribution in [2.75, 3.05) is 32.2 Å². The molecule has 0 bridgehead atoms. The van der Waals surface area contributed by atoms with Gasteiger partial charge in [0, 0.05) is 43.2 Å². The van der Waals surface area contributed by atoms with Crippen LogP contribution in [-0.2, 0) is 29.6 Å². The van der Waals surface area contributed by atoms with Crippen LogP contribution in [0.4, 0.5) is 10.5 Å². The first-order valence-electron chi connectivity index (χ1n) is 10.1. The van der Waals surface area contributed by atoms with E-state index in [0.717, 1.165) is 29.3 Å². The van der Waals surface area contributed by atoms with Crippen LogP contribution in [0.15, 0.2) is 24.4 Å². The summed E-state index contributed by atoms with van der Waals surface area (Å²) in [6.45, 7) is 8.07. The molecule has 32 heavy (non-hydrogen) atoms. The Balaban J connectivity index is 0.000000732. The van der Waals surface area contributed by atoms with Gasteiger partial charge >= 0.3 is 14.3 Å². The molecule has 2 rings (SSSR count). The maximum absolute atomic E-state index is 11.2. The van der Waals surface area contributed by atoms with Crippen molar-refractivity contribution in [3.63, 3.8) is 0 Å². The number of benzene rings is 1. The summed E-state index contributed by atoms with van der Waals surface area (Å²) in [6.07, 6.45) is 3.18. The Bertz CT molecular complexity index is 886. The molecule has 0 aliphatic carbocycles. The molecule has 2 amide bonds. The highest BCUT2D eigenvalue weighted by atomic mass is 31.1. The molecular formula is C21H33N4O6P. The molecule has 1 aromatic heterocycles.